The Hall–Kier alpha value is -2.45. The van der Waals surface area contributed by atoms with Gasteiger partial charge < -0.3 is 4.74 Å². The van der Waals surface area contributed by atoms with E-state index in [1.165, 1.54) is 29.2 Å². The Morgan fingerprint density at radius 3 is 2.88 bits per heavy atom. The van der Waals surface area contributed by atoms with Crippen molar-refractivity contribution in [2.24, 2.45) is 0 Å². The first-order valence-electron chi connectivity index (χ1n) is 7.89. The summed E-state index contributed by atoms with van der Waals surface area (Å²) in [7, 11) is 0. The van der Waals surface area contributed by atoms with E-state index in [0.717, 1.165) is 0 Å². The molecule has 1 heterocycles. The minimum atomic E-state index is -0.284. The second-order valence-corrected chi connectivity index (χ2v) is 7.37. The Morgan fingerprint density at radius 1 is 1.23 bits per heavy atom. The van der Waals surface area contributed by atoms with Crippen molar-refractivity contribution in [1.82, 2.24) is 10.2 Å². The number of carbonyl (C=O) groups is 1. The second kappa shape index (κ2) is 8.77. The number of rotatable bonds is 7. The zero-order chi connectivity index (χ0) is 18.4. The zero-order valence-electron chi connectivity index (χ0n) is 13.9. The van der Waals surface area contributed by atoms with Gasteiger partial charge in [0.15, 0.2) is 4.34 Å². The van der Waals surface area contributed by atoms with Gasteiger partial charge in [0.05, 0.1) is 6.61 Å². The van der Waals surface area contributed by atoms with Crippen molar-refractivity contribution in [3.63, 3.8) is 0 Å². The van der Waals surface area contributed by atoms with Gasteiger partial charge in [0, 0.05) is 11.3 Å². The van der Waals surface area contributed by atoms with Gasteiger partial charge >= 0.3 is 0 Å². The third-order valence-corrected chi connectivity index (χ3v) is 5.36. The monoisotopic (exact) mass is 389 g/mol. The molecule has 0 bridgehead atoms. The number of nitrogens with one attached hydrogen (secondary N) is 1. The van der Waals surface area contributed by atoms with Crippen LogP contribution in [-0.4, -0.2) is 22.7 Å². The van der Waals surface area contributed by atoms with Gasteiger partial charge in [-0.05, 0) is 36.8 Å². The number of amides is 1. The van der Waals surface area contributed by atoms with Crippen molar-refractivity contribution in [1.29, 1.82) is 0 Å². The molecule has 134 valence electrons. The molecule has 2 aromatic carbocycles. The summed E-state index contributed by atoms with van der Waals surface area (Å²) in [5.41, 5.74) is 1.08. The maximum Gasteiger partial charge on any atom is 0.257 e. The molecule has 0 fully saturated rings. The van der Waals surface area contributed by atoms with Crippen molar-refractivity contribution >= 4 is 34.1 Å². The van der Waals surface area contributed by atoms with E-state index >= 15 is 0 Å². The number of ether oxygens (including phenoxy) is 1. The maximum atomic E-state index is 13.6. The smallest absolute Gasteiger partial charge is 0.257 e. The van der Waals surface area contributed by atoms with Gasteiger partial charge in [-0.15, -0.1) is 10.2 Å². The van der Waals surface area contributed by atoms with Crippen LogP contribution in [0.4, 0.5) is 9.52 Å². The Balaban J connectivity index is 1.60. The van der Waals surface area contributed by atoms with E-state index in [9.17, 15) is 9.18 Å². The lowest BCUT2D eigenvalue weighted by Crippen LogP contribution is -2.11. The fourth-order valence-electron chi connectivity index (χ4n) is 2.14. The molecule has 0 radical (unpaired) electrons. The van der Waals surface area contributed by atoms with Gasteiger partial charge in [-0.3, -0.25) is 10.1 Å². The fourth-order valence-corrected chi connectivity index (χ4v) is 3.87. The molecule has 26 heavy (non-hydrogen) atoms. The van der Waals surface area contributed by atoms with Gasteiger partial charge in [0.25, 0.3) is 5.91 Å². The lowest BCUT2D eigenvalue weighted by molar-refractivity contribution is 0.102. The third-order valence-electron chi connectivity index (χ3n) is 3.34. The molecule has 0 spiro atoms. The number of anilines is 1. The molecule has 1 amide bonds. The first kappa shape index (κ1) is 18.3. The number of benzene rings is 2. The fraction of sp³-hybridized carbons (Fsp3) is 0.167. The molecule has 0 aliphatic carbocycles. The van der Waals surface area contributed by atoms with E-state index in [4.69, 9.17) is 4.74 Å². The average Bonchev–Trinajstić information content (AvgIpc) is 3.09. The van der Waals surface area contributed by atoms with E-state index < -0.39 is 0 Å². The maximum absolute atomic E-state index is 13.6. The molecule has 8 heteroatoms. The molecule has 0 aliphatic rings. The van der Waals surface area contributed by atoms with Crippen molar-refractivity contribution in [3.05, 3.63) is 65.5 Å². The highest BCUT2D eigenvalue weighted by Gasteiger charge is 2.12. The van der Waals surface area contributed by atoms with Crippen molar-refractivity contribution in [2.75, 3.05) is 11.9 Å². The van der Waals surface area contributed by atoms with E-state index in [0.29, 0.717) is 38.7 Å². The molecule has 1 aromatic heterocycles. The SMILES string of the molecule is CCOc1cccc(C(=O)Nc2nnc(SCc3ccccc3F)s2)c1. The minimum Gasteiger partial charge on any atom is -0.494 e. The Kier molecular flexibility index (Phi) is 6.19. The van der Waals surface area contributed by atoms with Gasteiger partial charge in [-0.25, -0.2) is 4.39 Å². The first-order valence-corrected chi connectivity index (χ1v) is 9.70. The summed E-state index contributed by atoms with van der Waals surface area (Å²) in [6.45, 7) is 2.42. The highest BCUT2D eigenvalue weighted by Crippen LogP contribution is 2.29. The molecule has 5 nitrogen and oxygen atoms in total. The number of hydrogen-bond acceptors (Lipinski definition) is 6. The molecule has 3 aromatic rings. The minimum absolute atomic E-state index is 0.243. The normalized spacial score (nSPS) is 10.5. The molecule has 3 rings (SSSR count). The van der Waals surface area contributed by atoms with Crippen LogP contribution < -0.4 is 10.1 Å². The summed E-state index contributed by atoms with van der Waals surface area (Å²) in [5.74, 6) is 0.560. The van der Waals surface area contributed by atoms with Crippen molar-refractivity contribution < 1.29 is 13.9 Å². The van der Waals surface area contributed by atoms with E-state index in [-0.39, 0.29) is 11.7 Å². The summed E-state index contributed by atoms with van der Waals surface area (Å²) >= 11 is 2.62. The molecule has 0 unspecified atom stereocenters. The predicted molar refractivity (Wildman–Crippen MR) is 101 cm³/mol. The number of carbonyl (C=O) groups excluding carboxylic acids is 1. The van der Waals surface area contributed by atoms with Crippen LogP contribution in [-0.2, 0) is 5.75 Å². The Labute approximate surface area is 158 Å². The number of thioether (sulfide) groups is 1. The number of aromatic nitrogens is 2. The topological polar surface area (TPSA) is 64.1 Å². The van der Waals surface area contributed by atoms with Crippen molar-refractivity contribution in [3.8, 4) is 5.75 Å². The van der Waals surface area contributed by atoms with Crippen LogP contribution in [0, 0.1) is 5.82 Å². The summed E-state index contributed by atoms with van der Waals surface area (Å²) in [6.07, 6.45) is 0. The Morgan fingerprint density at radius 2 is 2.08 bits per heavy atom. The molecule has 0 atom stereocenters. The lowest BCUT2D eigenvalue weighted by atomic mass is 10.2. The predicted octanol–water partition coefficient (Wildman–Crippen LogP) is 4.62. The van der Waals surface area contributed by atoms with Gasteiger partial charge in [-0.2, -0.15) is 0 Å². The van der Waals surface area contributed by atoms with Crippen LogP contribution >= 0.6 is 23.1 Å². The number of nitrogens with zero attached hydrogens (tertiary/aromatic N) is 2. The van der Waals surface area contributed by atoms with E-state index in [2.05, 4.69) is 15.5 Å². The van der Waals surface area contributed by atoms with Crippen LogP contribution in [0.5, 0.6) is 5.75 Å². The molecular formula is C18H16FN3O2S2. The van der Waals surface area contributed by atoms with Gasteiger partial charge in [-0.1, -0.05) is 47.4 Å². The van der Waals surface area contributed by atoms with Crippen LogP contribution in [0.3, 0.4) is 0 Å². The first-order chi connectivity index (χ1) is 12.7. The summed E-state index contributed by atoms with van der Waals surface area (Å²) in [6, 6.07) is 13.5. The molecule has 0 saturated carbocycles. The third kappa shape index (κ3) is 4.80. The summed E-state index contributed by atoms with van der Waals surface area (Å²) in [5, 5.41) is 11.1. The molecular weight excluding hydrogens is 373 g/mol. The average molecular weight is 389 g/mol. The van der Waals surface area contributed by atoms with Gasteiger partial charge in [0.1, 0.15) is 11.6 Å². The van der Waals surface area contributed by atoms with E-state index in [1.54, 1.807) is 42.5 Å². The highest BCUT2D eigenvalue weighted by molar-refractivity contribution is 8.00. The standard InChI is InChI=1S/C18H16FN3O2S2/c1-2-24-14-8-5-7-12(10-14)16(23)20-17-21-22-18(26-17)25-11-13-6-3-4-9-15(13)19/h3-10H,2,11H2,1H3,(H,20,21,23). The van der Waals surface area contributed by atoms with Crippen LogP contribution in [0.1, 0.15) is 22.8 Å². The number of halogens is 1. The molecule has 0 saturated heterocycles. The van der Waals surface area contributed by atoms with Gasteiger partial charge in [0.2, 0.25) is 5.13 Å². The molecule has 1 N–H and O–H groups in total. The second-order valence-electron chi connectivity index (χ2n) is 5.17. The largest absolute Gasteiger partial charge is 0.494 e. The summed E-state index contributed by atoms with van der Waals surface area (Å²) in [4.78, 5) is 12.3. The van der Waals surface area contributed by atoms with Crippen LogP contribution in [0.25, 0.3) is 0 Å². The quantitative estimate of drug-likeness (QED) is 0.472. The Bertz CT molecular complexity index is 901. The van der Waals surface area contributed by atoms with Crippen molar-refractivity contribution in [2.45, 2.75) is 17.0 Å². The lowest BCUT2D eigenvalue weighted by Gasteiger charge is -2.05. The zero-order valence-corrected chi connectivity index (χ0v) is 15.6. The van der Waals surface area contributed by atoms with Crippen LogP contribution in [0.15, 0.2) is 52.9 Å². The van der Waals surface area contributed by atoms with E-state index in [1.807, 2.05) is 6.92 Å². The highest BCUT2D eigenvalue weighted by atomic mass is 32.2. The summed E-state index contributed by atoms with van der Waals surface area (Å²) < 4.78 is 19.7. The van der Waals surface area contributed by atoms with Crippen LogP contribution in [0.2, 0.25) is 0 Å². The number of hydrogen-bond donors (Lipinski definition) is 1. The molecule has 0 aliphatic heterocycles.